The average Bonchev–Trinajstić information content (AvgIpc) is 3.24. The van der Waals surface area contributed by atoms with Crippen LogP contribution in [-0.2, 0) is 16.6 Å². The van der Waals surface area contributed by atoms with Crippen molar-refractivity contribution in [3.8, 4) is 0 Å². The summed E-state index contributed by atoms with van der Waals surface area (Å²) in [5.41, 5.74) is 1.83. The molecular formula is C21H19FN4O3S. The molecule has 0 fully saturated rings. The molecule has 0 unspecified atom stereocenters. The molecule has 0 saturated carbocycles. The van der Waals surface area contributed by atoms with Crippen LogP contribution < -0.4 is 14.9 Å². The molecule has 0 spiro atoms. The Kier molecular flexibility index (Phi) is 5.21. The van der Waals surface area contributed by atoms with Gasteiger partial charge in [0.05, 0.1) is 34.6 Å². The maximum absolute atomic E-state index is 13.5. The summed E-state index contributed by atoms with van der Waals surface area (Å²) in [6.45, 7) is 3.61. The molecule has 1 aliphatic heterocycles. The van der Waals surface area contributed by atoms with Gasteiger partial charge in [-0.05, 0) is 37.6 Å². The largest absolute Gasteiger partial charge is 0.463 e. The van der Waals surface area contributed by atoms with Crippen LogP contribution in [0.4, 0.5) is 4.39 Å². The third-order valence-electron chi connectivity index (χ3n) is 4.73. The second-order valence-corrected chi connectivity index (χ2v) is 7.81. The second-order valence-electron chi connectivity index (χ2n) is 6.80. The van der Waals surface area contributed by atoms with Crippen molar-refractivity contribution in [3.63, 3.8) is 0 Å². The number of halogens is 1. The third-order valence-corrected chi connectivity index (χ3v) is 5.71. The van der Waals surface area contributed by atoms with Crippen LogP contribution in [0.1, 0.15) is 31.0 Å². The number of carbonyl (C=O) groups excluding carboxylic acids is 1. The van der Waals surface area contributed by atoms with Crippen LogP contribution in [0.5, 0.6) is 0 Å². The van der Waals surface area contributed by atoms with Gasteiger partial charge in [-0.2, -0.15) is 5.10 Å². The molecule has 154 valence electrons. The number of fused-ring (bicyclic) bond motifs is 1. The smallest absolute Gasteiger partial charge is 0.338 e. The quantitative estimate of drug-likeness (QED) is 0.595. The van der Waals surface area contributed by atoms with E-state index in [4.69, 9.17) is 4.74 Å². The Bertz CT molecular complexity index is 1330. The molecule has 7 nitrogen and oxygen atoms in total. The number of rotatable bonds is 4. The standard InChI is InChI=1S/C21H19FN4O3S/c1-4-29-20(28)17-12(2)24-21-26(18(17)14-5-7-15(22)8-6-14)19(27)16(30-21)9-13-10-23-25(3)11-13/h5-11,18H,4H2,1-3H3/t18-/m1/s1. The highest BCUT2D eigenvalue weighted by Crippen LogP contribution is 2.30. The molecule has 1 aliphatic rings. The molecule has 9 heteroatoms. The van der Waals surface area contributed by atoms with Gasteiger partial charge in [-0.25, -0.2) is 14.2 Å². The number of carbonyl (C=O) groups is 1. The van der Waals surface area contributed by atoms with Gasteiger partial charge in [0.15, 0.2) is 4.80 Å². The number of hydrogen-bond donors (Lipinski definition) is 0. The molecule has 0 bridgehead atoms. The van der Waals surface area contributed by atoms with Gasteiger partial charge in [0, 0.05) is 18.8 Å². The number of esters is 1. The molecule has 3 heterocycles. The van der Waals surface area contributed by atoms with Crippen molar-refractivity contribution in [2.45, 2.75) is 19.9 Å². The number of hydrogen-bond acceptors (Lipinski definition) is 6. The summed E-state index contributed by atoms with van der Waals surface area (Å²) >= 11 is 1.23. The monoisotopic (exact) mass is 426 g/mol. The van der Waals surface area contributed by atoms with Gasteiger partial charge < -0.3 is 4.74 Å². The summed E-state index contributed by atoms with van der Waals surface area (Å²) in [5, 5.41) is 4.12. The van der Waals surface area contributed by atoms with E-state index in [9.17, 15) is 14.0 Å². The van der Waals surface area contributed by atoms with Gasteiger partial charge in [-0.3, -0.25) is 14.0 Å². The van der Waals surface area contributed by atoms with E-state index in [1.165, 1.54) is 28.0 Å². The van der Waals surface area contributed by atoms with Crippen LogP contribution in [0.2, 0.25) is 0 Å². The lowest BCUT2D eigenvalue weighted by molar-refractivity contribution is -0.139. The molecule has 0 amide bonds. The SMILES string of the molecule is CCOC(=O)C1=C(C)N=c2sc(=Cc3cnn(C)c3)c(=O)n2[C@@H]1c1ccc(F)cc1. The number of ether oxygens (including phenoxy) is 1. The lowest BCUT2D eigenvalue weighted by Crippen LogP contribution is -2.39. The number of nitrogens with zero attached hydrogens (tertiary/aromatic N) is 4. The van der Waals surface area contributed by atoms with Gasteiger partial charge in [0.25, 0.3) is 5.56 Å². The lowest BCUT2D eigenvalue weighted by Gasteiger charge is -2.24. The highest BCUT2D eigenvalue weighted by Gasteiger charge is 2.33. The Balaban J connectivity index is 1.96. The van der Waals surface area contributed by atoms with Gasteiger partial charge in [0.2, 0.25) is 0 Å². The first-order valence-electron chi connectivity index (χ1n) is 9.33. The van der Waals surface area contributed by atoms with E-state index in [2.05, 4.69) is 10.1 Å². The predicted octanol–water partition coefficient (Wildman–Crippen LogP) is 1.67. The molecule has 2 aromatic heterocycles. The normalized spacial score (nSPS) is 16.4. The number of aryl methyl sites for hydroxylation is 1. The van der Waals surface area contributed by atoms with Crippen molar-refractivity contribution < 1.29 is 13.9 Å². The molecule has 4 rings (SSSR count). The van der Waals surface area contributed by atoms with Crippen LogP contribution in [-0.4, -0.2) is 26.9 Å². The van der Waals surface area contributed by atoms with E-state index in [-0.39, 0.29) is 17.7 Å². The first kappa shape index (κ1) is 20.0. The number of benzene rings is 1. The molecule has 30 heavy (non-hydrogen) atoms. The maximum atomic E-state index is 13.5. The van der Waals surface area contributed by atoms with Crippen molar-refractivity contribution in [3.05, 3.63) is 84.6 Å². The lowest BCUT2D eigenvalue weighted by atomic mass is 9.96. The maximum Gasteiger partial charge on any atom is 0.338 e. The Labute approximate surface area is 175 Å². The van der Waals surface area contributed by atoms with E-state index >= 15 is 0 Å². The Morgan fingerprint density at radius 2 is 2.07 bits per heavy atom. The Morgan fingerprint density at radius 3 is 2.70 bits per heavy atom. The van der Waals surface area contributed by atoms with Crippen LogP contribution in [0.3, 0.4) is 0 Å². The molecule has 0 radical (unpaired) electrons. The van der Waals surface area contributed by atoms with Crippen molar-refractivity contribution in [2.24, 2.45) is 12.0 Å². The average molecular weight is 426 g/mol. The topological polar surface area (TPSA) is 78.5 Å². The minimum Gasteiger partial charge on any atom is -0.463 e. The molecule has 3 aromatic rings. The van der Waals surface area contributed by atoms with E-state index in [0.29, 0.717) is 20.6 Å². The van der Waals surface area contributed by atoms with Crippen molar-refractivity contribution in [1.82, 2.24) is 14.3 Å². The van der Waals surface area contributed by atoms with Crippen molar-refractivity contribution in [1.29, 1.82) is 0 Å². The van der Waals surface area contributed by atoms with Crippen LogP contribution in [0, 0.1) is 5.82 Å². The summed E-state index contributed by atoms with van der Waals surface area (Å²) < 4.78 is 22.3. The van der Waals surface area contributed by atoms with Crippen molar-refractivity contribution >= 4 is 23.4 Å². The molecule has 1 aromatic carbocycles. The summed E-state index contributed by atoms with van der Waals surface area (Å²) in [6, 6.07) is 4.99. The first-order chi connectivity index (χ1) is 14.4. The van der Waals surface area contributed by atoms with E-state index in [1.54, 1.807) is 56.2 Å². The summed E-state index contributed by atoms with van der Waals surface area (Å²) in [4.78, 5) is 31.0. The van der Waals surface area contributed by atoms with E-state index in [0.717, 1.165) is 5.56 Å². The summed E-state index contributed by atoms with van der Waals surface area (Å²) in [6.07, 6.45) is 5.19. The third kappa shape index (κ3) is 3.52. The van der Waals surface area contributed by atoms with Gasteiger partial charge >= 0.3 is 5.97 Å². The summed E-state index contributed by atoms with van der Waals surface area (Å²) in [5.74, 6) is -0.948. The van der Waals surface area contributed by atoms with E-state index < -0.39 is 17.8 Å². The minimum absolute atomic E-state index is 0.192. The van der Waals surface area contributed by atoms with E-state index in [1.807, 2.05) is 0 Å². The first-order valence-corrected chi connectivity index (χ1v) is 10.1. The predicted molar refractivity (Wildman–Crippen MR) is 110 cm³/mol. The second kappa shape index (κ2) is 7.83. The highest BCUT2D eigenvalue weighted by molar-refractivity contribution is 7.07. The molecular weight excluding hydrogens is 407 g/mol. The number of allylic oxidation sites excluding steroid dienone is 1. The zero-order valence-electron chi connectivity index (χ0n) is 16.6. The fourth-order valence-electron chi connectivity index (χ4n) is 3.42. The fourth-order valence-corrected chi connectivity index (χ4v) is 4.46. The number of thiazole rings is 1. The summed E-state index contributed by atoms with van der Waals surface area (Å²) in [7, 11) is 1.79. The molecule has 0 saturated heterocycles. The minimum atomic E-state index is -0.753. The highest BCUT2D eigenvalue weighted by atomic mass is 32.1. The Morgan fingerprint density at radius 1 is 1.33 bits per heavy atom. The van der Waals surface area contributed by atoms with Gasteiger partial charge in [-0.15, -0.1) is 0 Å². The van der Waals surface area contributed by atoms with Crippen LogP contribution in [0.15, 0.2) is 57.7 Å². The van der Waals surface area contributed by atoms with Crippen LogP contribution in [0.25, 0.3) is 6.08 Å². The molecule has 0 N–H and O–H groups in total. The fraction of sp³-hybridized carbons (Fsp3) is 0.238. The molecule has 0 aliphatic carbocycles. The zero-order chi connectivity index (χ0) is 21.4. The molecule has 1 atom stereocenters. The Hall–Kier alpha value is -3.33. The van der Waals surface area contributed by atoms with Crippen LogP contribution >= 0.6 is 11.3 Å². The van der Waals surface area contributed by atoms with Gasteiger partial charge in [-0.1, -0.05) is 23.5 Å². The van der Waals surface area contributed by atoms with Gasteiger partial charge in [0.1, 0.15) is 5.82 Å². The zero-order valence-corrected chi connectivity index (χ0v) is 17.4. The van der Waals surface area contributed by atoms with Crippen molar-refractivity contribution in [2.75, 3.05) is 6.61 Å². The number of aromatic nitrogens is 3.